The summed E-state index contributed by atoms with van der Waals surface area (Å²) in [5, 5.41) is 7.05. The van der Waals surface area contributed by atoms with E-state index in [9.17, 15) is 0 Å². The first-order valence-corrected chi connectivity index (χ1v) is 6.76. The number of hydrogen-bond acceptors (Lipinski definition) is 5. The van der Waals surface area contributed by atoms with Crippen LogP contribution in [0.25, 0.3) is 0 Å². The molecule has 0 radical (unpaired) electrons. The van der Waals surface area contributed by atoms with Crippen molar-refractivity contribution in [2.45, 2.75) is 6.92 Å². The predicted octanol–water partition coefficient (Wildman–Crippen LogP) is 3.97. The third kappa shape index (κ3) is 3.43. The van der Waals surface area contributed by atoms with Gasteiger partial charge in [-0.2, -0.15) is 4.98 Å². The second kappa shape index (κ2) is 6.63. The number of anilines is 3. The molecule has 0 aliphatic rings. The van der Waals surface area contributed by atoms with E-state index in [-0.39, 0.29) is 0 Å². The number of nitrogens with zero attached hydrogens (tertiary/aromatic N) is 2. The van der Waals surface area contributed by atoms with E-state index in [2.05, 4.69) is 20.6 Å². The van der Waals surface area contributed by atoms with Crippen molar-refractivity contribution >= 4 is 40.7 Å². The van der Waals surface area contributed by atoms with E-state index >= 15 is 0 Å². The van der Waals surface area contributed by atoms with Crippen LogP contribution in [0.5, 0.6) is 5.75 Å². The molecule has 2 N–H and O–H groups in total. The molecule has 2 aromatic rings. The Bertz CT molecular complexity index is 607. The number of aromatic nitrogens is 2. The van der Waals surface area contributed by atoms with E-state index in [0.717, 1.165) is 6.54 Å². The number of rotatable bonds is 5. The number of ether oxygens (including phenoxy) is 1. The Labute approximate surface area is 127 Å². The van der Waals surface area contributed by atoms with Crippen LogP contribution in [0.2, 0.25) is 10.0 Å². The summed E-state index contributed by atoms with van der Waals surface area (Å²) in [4.78, 5) is 8.36. The zero-order valence-corrected chi connectivity index (χ0v) is 12.6. The molecule has 0 atom stereocenters. The van der Waals surface area contributed by atoms with Crippen LogP contribution in [0.15, 0.2) is 24.4 Å². The average molecular weight is 313 g/mol. The summed E-state index contributed by atoms with van der Waals surface area (Å²) < 4.78 is 5.16. The zero-order valence-electron chi connectivity index (χ0n) is 11.1. The predicted molar refractivity (Wildman–Crippen MR) is 82.5 cm³/mol. The first-order chi connectivity index (χ1) is 9.63. The van der Waals surface area contributed by atoms with Crippen molar-refractivity contribution in [1.29, 1.82) is 0 Å². The van der Waals surface area contributed by atoms with E-state index in [1.165, 1.54) is 6.20 Å². The molecule has 0 aliphatic carbocycles. The van der Waals surface area contributed by atoms with Gasteiger partial charge in [0, 0.05) is 12.6 Å². The number of methoxy groups -OCH3 is 1. The lowest BCUT2D eigenvalue weighted by Gasteiger charge is -2.11. The number of benzene rings is 1. The van der Waals surface area contributed by atoms with Gasteiger partial charge in [0.25, 0.3) is 0 Å². The molecule has 0 saturated carbocycles. The molecule has 5 nitrogen and oxygen atoms in total. The smallest absolute Gasteiger partial charge is 0.224 e. The fraction of sp³-hybridized carbons (Fsp3) is 0.231. The summed E-state index contributed by atoms with van der Waals surface area (Å²) >= 11 is 12.2. The Kier molecular flexibility index (Phi) is 4.87. The third-order valence-corrected chi connectivity index (χ3v) is 3.11. The Hall–Kier alpha value is -1.72. The molecule has 1 aromatic carbocycles. The van der Waals surface area contributed by atoms with Crippen LogP contribution in [0.4, 0.5) is 17.5 Å². The van der Waals surface area contributed by atoms with E-state index in [0.29, 0.717) is 33.2 Å². The Balaban J connectivity index is 2.31. The molecule has 1 heterocycles. The Morgan fingerprint density at radius 1 is 1.25 bits per heavy atom. The highest BCUT2D eigenvalue weighted by Gasteiger charge is 2.09. The fourth-order valence-electron chi connectivity index (χ4n) is 1.55. The lowest BCUT2D eigenvalue weighted by atomic mass is 10.3. The molecule has 2 rings (SSSR count). The molecule has 0 fully saturated rings. The van der Waals surface area contributed by atoms with E-state index < -0.39 is 0 Å². The van der Waals surface area contributed by atoms with Gasteiger partial charge >= 0.3 is 0 Å². The molecule has 0 spiro atoms. The Morgan fingerprint density at radius 2 is 2.05 bits per heavy atom. The van der Waals surface area contributed by atoms with Crippen molar-refractivity contribution in [2.75, 3.05) is 24.3 Å². The lowest BCUT2D eigenvalue weighted by Crippen LogP contribution is -2.04. The highest BCUT2D eigenvalue weighted by atomic mass is 35.5. The molecule has 106 valence electrons. The van der Waals surface area contributed by atoms with Crippen molar-refractivity contribution in [2.24, 2.45) is 0 Å². The minimum Gasteiger partial charge on any atom is -0.497 e. The summed E-state index contributed by atoms with van der Waals surface area (Å²) in [6.07, 6.45) is 1.53. The standard InChI is InChI=1S/C13H14Cl2N4O/c1-3-16-13-17-7-10(15)12(19-13)18-11-6-8(20-2)4-5-9(11)14/h4-7H,3H2,1-2H3,(H2,16,17,18,19). The topological polar surface area (TPSA) is 59.1 Å². The number of nitrogens with one attached hydrogen (secondary N) is 2. The van der Waals surface area contributed by atoms with Crippen LogP contribution in [0.1, 0.15) is 6.92 Å². The van der Waals surface area contributed by atoms with Gasteiger partial charge < -0.3 is 15.4 Å². The quantitative estimate of drug-likeness (QED) is 0.875. The van der Waals surface area contributed by atoms with E-state index in [1.54, 1.807) is 25.3 Å². The van der Waals surface area contributed by atoms with Gasteiger partial charge in [0.2, 0.25) is 5.95 Å². The molecule has 0 bridgehead atoms. The van der Waals surface area contributed by atoms with Crippen LogP contribution in [-0.2, 0) is 0 Å². The van der Waals surface area contributed by atoms with Crippen LogP contribution in [0, 0.1) is 0 Å². The molecule has 0 saturated heterocycles. The largest absolute Gasteiger partial charge is 0.497 e. The van der Waals surface area contributed by atoms with Gasteiger partial charge in [-0.3, -0.25) is 0 Å². The second-order valence-corrected chi connectivity index (χ2v) is 4.71. The number of hydrogen-bond donors (Lipinski definition) is 2. The van der Waals surface area contributed by atoms with Crippen LogP contribution >= 0.6 is 23.2 Å². The third-order valence-electron chi connectivity index (χ3n) is 2.51. The number of halogens is 2. The summed E-state index contributed by atoms with van der Waals surface area (Å²) in [7, 11) is 1.59. The van der Waals surface area contributed by atoms with Gasteiger partial charge in [0.15, 0.2) is 5.82 Å². The summed E-state index contributed by atoms with van der Waals surface area (Å²) in [5.41, 5.74) is 0.661. The van der Waals surface area contributed by atoms with E-state index in [1.807, 2.05) is 6.92 Å². The normalized spacial score (nSPS) is 10.2. The highest BCUT2D eigenvalue weighted by molar-refractivity contribution is 6.34. The average Bonchev–Trinajstić information content (AvgIpc) is 2.45. The van der Waals surface area contributed by atoms with Crippen LogP contribution < -0.4 is 15.4 Å². The minimum absolute atomic E-state index is 0.408. The molecule has 0 aliphatic heterocycles. The summed E-state index contributed by atoms with van der Waals surface area (Å²) in [6, 6.07) is 5.29. The first-order valence-electron chi connectivity index (χ1n) is 6.01. The highest BCUT2D eigenvalue weighted by Crippen LogP contribution is 2.31. The molecule has 0 unspecified atom stereocenters. The monoisotopic (exact) mass is 312 g/mol. The molecular weight excluding hydrogens is 299 g/mol. The van der Waals surface area contributed by atoms with Gasteiger partial charge in [0.1, 0.15) is 10.8 Å². The van der Waals surface area contributed by atoms with Crippen molar-refractivity contribution in [3.8, 4) is 5.75 Å². The van der Waals surface area contributed by atoms with Gasteiger partial charge in [-0.05, 0) is 19.1 Å². The Morgan fingerprint density at radius 3 is 2.75 bits per heavy atom. The molecule has 0 amide bonds. The first kappa shape index (κ1) is 14.7. The summed E-state index contributed by atoms with van der Waals surface area (Å²) in [5.74, 6) is 1.67. The van der Waals surface area contributed by atoms with Gasteiger partial charge in [-0.1, -0.05) is 23.2 Å². The molecule has 1 aromatic heterocycles. The summed E-state index contributed by atoms with van der Waals surface area (Å²) in [6.45, 7) is 2.69. The second-order valence-electron chi connectivity index (χ2n) is 3.89. The van der Waals surface area contributed by atoms with Crippen molar-refractivity contribution in [3.63, 3.8) is 0 Å². The van der Waals surface area contributed by atoms with E-state index in [4.69, 9.17) is 27.9 Å². The van der Waals surface area contributed by atoms with Crippen LogP contribution in [0.3, 0.4) is 0 Å². The maximum Gasteiger partial charge on any atom is 0.224 e. The minimum atomic E-state index is 0.408. The van der Waals surface area contributed by atoms with Crippen molar-refractivity contribution < 1.29 is 4.74 Å². The SMILES string of the molecule is CCNc1ncc(Cl)c(Nc2cc(OC)ccc2Cl)n1. The van der Waals surface area contributed by atoms with Crippen molar-refractivity contribution in [1.82, 2.24) is 9.97 Å². The zero-order chi connectivity index (χ0) is 14.5. The molecular formula is C13H14Cl2N4O. The fourth-order valence-corrected chi connectivity index (χ4v) is 1.86. The van der Waals surface area contributed by atoms with Gasteiger partial charge in [-0.15, -0.1) is 0 Å². The molecule has 7 heteroatoms. The van der Waals surface area contributed by atoms with Crippen LogP contribution in [-0.4, -0.2) is 23.6 Å². The maximum atomic E-state index is 6.14. The van der Waals surface area contributed by atoms with Gasteiger partial charge in [-0.25, -0.2) is 4.98 Å². The van der Waals surface area contributed by atoms with Gasteiger partial charge in [0.05, 0.1) is 24.0 Å². The maximum absolute atomic E-state index is 6.14. The lowest BCUT2D eigenvalue weighted by molar-refractivity contribution is 0.415. The molecule has 20 heavy (non-hydrogen) atoms. The van der Waals surface area contributed by atoms with Crippen molar-refractivity contribution in [3.05, 3.63) is 34.4 Å².